The summed E-state index contributed by atoms with van der Waals surface area (Å²) in [5, 5.41) is 7.86. The largest absolute Gasteiger partial charge is 0.291 e. The van der Waals surface area contributed by atoms with E-state index in [0.717, 1.165) is 29.4 Å². The smallest absolute Gasteiger partial charge is 0.0770 e. The summed E-state index contributed by atoms with van der Waals surface area (Å²) in [6, 6.07) is 29.1. The van der Waals surface area contributed by atoms with Gasteiger partial charge in [-0.2, -0.15) is 5.10 Å². The highest BCUT2D eigenvalue weighted by atomic mass is 35.5. The van der Waals surface area contributed by atoms with Gasteiger partial charge in [-0.15, -0.1) is 0 Å². The first-order valence-corrected chi connectivity index (χ1v) is 8.85. The van der Waals surface area contributed by atoms with Crippen LogP contribution in [0.1, 0.15) is 22.6 Å². The molecule has 0 amide bonds. The van der Waals surface area contributed by atoms with Crippen LogP contribution < -0.4 is 0 Å². The zero-order valence-electron chi connectivity index (χ0n) is 13.8. The topological polar surface area (TPSA) is 15.6 Å². The van der Waals surface area contributed by atoms with Crippen molar-refractivity contribution in [3.8, 4) is 0 Å². The van der Waals surface area contributed by atoms with Gasteiger partial charge in [0, 0.05) is 17.5 Å². The van der Waals surface area contributed by atoms with Gasteiger partial charge in [-0.25, -0.2) is 0 Å². The maximum atomic E-state index is 6.06. The summed E-state index contributed by atoms with van der Waals surface area (Å²) in [5.41, 5.74) is 4.81. The molecule has 0 aliphatic carbocycles. The highest BCUT2D eigenvalue weighted by Gasteiger charge is 2.29. The third-order valence-corrected chi connectivity index (χ3v) is 4.77. The summed E-state index contributed by atoms with van der Waals surface area (Å²) in [4.78, 5) is 0. The first kappa shape index (κ1) is 15.9. The van der Waals surface area contributed by atoms with Crippen molar-refractivity contribution >= 4 is 17.3 Å². The Morgan fingerprint density at radius 1 is 0.840 bits per heavy atom. The summed E-state index contributed by atoms with van der Waals surface area (Å²) >= 11 is 6.06. The van der Waals surface area contributed by atoms with Gasteiger partial charge in [0.2, 0.25) is 0 Å². The molecule has 1 heterocycles. The quantitative estimate of drug-likeness (QED) is 0.622. The number of hydrazone groups is 1. The van der Waals surface area contributed by atoms with Gasteiger partial charge < -0.3 is 0 Å². The Kier molecular flexibility index (Phi) is 4.53. The zero-order valence-corrected chi connectivity index (χ0v) is 14.6. The molecule has 0 saturated heterocycles. The van der Waals surface area contributed by atoms with Crippen LogP contribution >= 0.6 is 11.6 Å². The number of halogens is 1. The molecule has 1 atom stereocenters. The Morgan fingerprint density at radius 3 is 2.16 bits per heavy atom. The molecule has 4 rings (SSSR count). The van der Waals surface area contributed by atoms with Crippen LogP contribution in [0.25, 0.3) is 0 Å². The summed E-state index contributed by atoms with van der Waals surface area (Å²) in [7, 11) is 0. The second-order valence-electron chi connectivity index (χ2n) is 6.29. The summed E-state index contributed by atoms with van der Waals surface area (Å²) in [5.74, 6) is 0.270. The predicted molar refractivity (Wildman–Crippen MR) is 104 cm³/mol. The number of nitrogens with zero attached hydrogens (tertiary/aromatic N) is 2. The van der Waals surface area contributed by atoms with E-state index < -0.39 is 0 Å². The first-order valence-electron chi connectivity index (χ1n) is 8.48. The molecule has 25 heavy (non-hydrogen) atoms. The molecular weight excluding hydrogens is 328 g/mol. The van der Waals surface area contributed by atoms with E-state index in [9.17, 15) is 0 Å². The molecule has 0 fully saturated rings. The van der Waals surface area contributed by atoms with E-state index >= 15 is 0 Å². The van der Waals surface area contributed by atoms with Gasteiger partial charge in [0.1, 0.15) is 0 Å². The van der Waals surface area contributed by atoms with Crippen LogP contribution in [0.15, 0.2) is 90.0 Å². The Balaban J connectivity index is 1.66. The van der Waals surface area contributed by atoms with Crippen LogP contribution in [0.4, 0.5) is 0 Å². The molecule has 0 aromatic heterocycles. The van der Waals surface area contributed by atoms with E-state index in [2.05, 4.69) is 71.7 Å². The third kappa shape index (κ3) is 3.59. The second kappa shape index (κ2) is 7.12. The minimum Gasteiger partial charge on any atom is -0.291 e. The van der Waals surface area contributed by atoms with Crippen LogP contribution in [-0.2, 0) is 6.54 Å². The molecule has 0 saturated carbocycles. The van der Waals surface area contributed by atoms with E-state index in [1.165, 1.54) is 11.1 Å². The molecule has 1 aliphatic heterocycles. The van der Waals surface area contributed by atoms with Crippen molar-refractivity contribution in [1.82, 2.24) is 5.01 Å². The molecule has 0 N–H and O–H groups in total. The summed E-state index contributed by atoms with van der Waals surface area (Å²) in [6.45, 7) is 1.71. The lowest BCUT2D eigenvalue weighted by Gasteiger charge is -2.16. The van der Waals surface area contributed by atoms with Gasteiger partial charge in [0.15, 0.2) is 0 Å². The van der Waals surface area contributed by atoms with Crippen molar-refractivity contribution < 1.29 is 0 Å². The Hall–Kier alpha value is -2.58. The number of hydrogen-bond acceptors (Lipinski definition) is 2. The number of benzene rings is 3. The van der Waals surface area contributed by atoms with Gasteiger partial charge in [0.25, 0.3) is 0 Å². The van der Waals surface area contributed by atoms with Crippen LogP contribution in [0.5, 0.6) is 0 Å². The van der Waals surface area contributed by atoms with Gasteiger partial charge in [0.05, 0.1) is 12.3 Å². The molecule has 3 aromatic rings. The second-order valence-corrected chi connectivity index (χ2v) is 6.72. The zero-order chi connectivity index (χ0) is 17.1. The SMILES string of the molecule is Clc1ccc(C2=NN(Cc3ccccc3)C[C@@H]2c2ccccc2)cc1. The standard InChI is InChI=1S/C22H19ClN2/c23-20-13-11-19(12-14-20)22-21(18-9-5-2-6-10-18)16-25(24-22)15-17-7-3-1-4-8-17/h1-14,21H,15-16H2/t21-/m1/s1. The average molecular weight is 347 g/mol. The van der Waals surface area contributed by atoms with Gasteiger partial charge in [-0.1, -0.05) is 84.4 Å². The molecule has 3 aromatic carbocycles. The van der Waals surface area contributed by atoms with Gasteiger partial charge in [-0.3, -0.25) is 5.01 Å². The fourth-order valence-electron chi connectivity index (χ4n) is 3.28. The van der Waals surface area contributed by atoms with E-state index in [0.29, 0.717) is 0 Å². The van der Waals surface area contributed by atoms with Crippen LogP contribution in [0.3, 0.4) is 0 Å². The molecule has 0 bridgehead atoms. The van der Waals surface area contributed by atoms with Crippen molar-refractivity contribution in [1.29, 1.82) is 0 Å². The van der Waals surface area contributed by atoms with Crippen LogP contribution in [-0.4, -0.2) is 17.3 Å². The monoisotopic (exact) mass is 346 g/mol. The summed E-state index contributed by atoms with van der Waals surface area (Å²) < 4.78 is 0. The van der Waals surface area contributed by atoms with Gasteiger partial charge in [-0.05, 0) is 28.8 Å². The lowest BCUT2D eigenvalue weighted by atomic mass is 9.90. The number of hydrogen-bond donors (Lipinski definition) is 0. The third-order valence-electron chi connectivity index (χ3n) is 4.52. The van der Waals surface area contributed by atoms with Crippen molar-refractivity contribution in [3.63, 3.8) is 0 Å². The molecule has 1 aliphatic rings. The Labute approximate surface area is 153 Å². The van der Waals surface area contributed by atoms with E-state index in [4.69, 9.17) is 16.7 Å². The van der Waals surface area contributed by atoms with Gasteiger partial charge >= 0.3 is 0 Å². The van der Waals surface area contributed by atoms with Crippen LogP contribution in [0.2, 0.25) is 5.02 Å². The van der Waals surface area contributed by atoms with E-state index in [1.54, 1.807) is 0 Å². The van der Waals surface area contributed by atoms with E-state index in [-0.39, 0.29) is 5.92 Å². The summed E-state index contributed by atoms with van der Waals surface area (Å²) in [6.07, 6.45) is 0. The molecular formula is C22H19ClN2. The maximum Gasteiger partial charge on any atom is 0.0770 e. The molecule has 0 spiro atoms. The van der Waals surface area contributed by atoms with Crippen molar-refractivity contribution in [2.24, 2.45) is 5.10 Å². The highest BCUT2D eigenvalue weighted by Crippen LogP contribution is 2.30. The molecule has 2 nitrogen and oxygen atoms in total. The number of rotatable bonds is 4. The Morgan fingerprint density at radius 2 is 1.48 bits per heavy atom. The fraction of sp³-hybridized carbons (Fsp3) is 0.136. The maximum absolute atomic E-state index is 6.06. The van der Waals surface area contributed by atoms with Crippen molar-refractivity contribution in [2.75, 3.05) is 6.54 Å². The molecule has 0 radical (unpaired) electrons. The predicted octanol–water partition coefficient (Wildman–Crippen LogP) is 5.34. The molecule has 0 unspecified atom stereocenters. The van der Waals surface area contributed by atoms with Crippen molar-refractivity contribution in [2.45, 2.75) is 12.5 Å². The first-order chi connectivity index (χ1) is 12.3. The minimum absolute atomic E-state index is 0.270. The fourth-order valence-corrected chi connectivity index (χ4v) is 3.41. The normalized spacial score (nSPS) is 16.8. The lowest BCUT2D eigenvalue weighted by molar-refractivity contribution is 0.302. The van der Waals surface area contributed by atoms with Crippen molar-refractivity contribution in [3.05, 3.63) is 107 Å². The minimum atomic E-state index is 0.270. The lowest BCUT2D eigenvalue weighted by Crippen LogP contribution is -2.18. The average Bonchev–Trinajstić information content (AvgIpc) is 3.08. The Bertz CT molecular complexity index is 858. The highest BCUT2D eigenvalue weighted by molar-refractivity contribution is 6.30. The molecule has 124 valence electrons. The molecule has 3 heteroatoms. The van der Waals surface area contributed by atoms with Crippen LogP contribution in [0, 0.1) is 0 Å². The van der Waals surface area contributed by atoms with E-state index in [1.807, 2.05) is 18.2 Å².